The Balaban J connectivity index is 1.58. The number of nitrogens with zero attached hydrogens (tertiary/aromatic N) is 2. The van der Waals surface area contributed by atoms with E-state index in [1.807, 2.05) is 42.6 Å². The summed E-state index contributed by atoms with van der Waals surface area (Å²) in [6, 6.07) is 17.6. The number of benzene rings is 2. The molecule has 150 valence electrons. The van der Waals surface area contributed by atoms with Crippen LogP contribution in [0, 0.1) is 0 Å². The predicted octanol–water partition coefficient (Wildman–Crippen LogP) is 2.31. The van der Waals surface area contributed by atoms with Crippen molar-refractivity contribution < 1.29 is 13.2 Å². The summed E-state index contributed by atoms with van der Waals surface area (Å²) in [5, 5.41) is 7.29. The van der Waals surface area contributed by atoms with Gasteiger partial charge in [0.1, 0.15) is 0 Å². The van der Waals surface area contributed by atoms with Gasteiger partial charge in [0.2, 0.25) is 10.0 Å². The quantitative estimate of drug-likeness (QED) is 0.530. The van der Waals surface area contributed by atoms with Gasteiger partial charge in [0.05, 0.1) is 16.3 Å². The molecule has 7 nitrogen and oxygen atoms in total. The van der Waals surface area contributed by atoms with Crippen LogP contribution in [-0.2, 0) is 16.4 Å². The average Bonchev–Trinajstić information content (AvgIpc) is 3.22. The molecule has 8 heteroatoms. The SMILES string of the molecule is C=CCNS(=O)(=O)c1cccc(C(=O)NCCc2ccn(-c3ccccc3)n2)c1. The molecule has 3 rings (SSSR count). The van der Waals surface area contributed by atoms with Crippen molar-refractivity contribution in [2.75, 3.05) is 13.1 Å². The monoisotopic (exact) mass is 410 g/mol. The Bertz CT molecular complexity index is 1090. The summed E-state index contributed by atoms with van der Waals surface area (Å²) in [5.41, 5.74) is 2.09. The van der Waals surface area contributed by atoms with Crippen molar-refractivity contribution in [1.29, 1.82) is 0 Å². The first-order chi connectivity index (χ1) is 14.0. The second-order valence-corrected chi connectivity index (χ2v) is 8.03. The van der Waals surface area contributed by atoms with Crippen molar-refractivity contribution >= 4 is 15.9 Å². The van der Waals surface area contributed by atoms with Crippen molar-refractivity contribution in [2.24, 2.45) is 0 Å². The second-order valence-electron chi connectivity index (χ2n) is 6.26. The minimum absolute atomic E-state index is 0.0357. The van der Waals surface area contributed by atoms with Gasteiger partial charge < -0.3 is 5.32 Å². The van der Waals surface area contributed by atoms with Gasteiger partial charge in [0.15, 0.2) is 0 Å². The molecule has 3 aromatic rings. The number of para-hydroxylation sites is 1. The van der Waals surface area contributed by atoms with E-state index in [0.29, 0.717) is 13.0 Å². The zero-order chi connectivity index (χ0) is 20.7. The van der Waals surface area contributed by atoms with Crippen LogP contribution in [-0.4, -0.2) is 37.2 Å². The maximum absolute atomic E-state index is 12.4. The minimum atomic E-state index is -3.68. The Hall–Kier alpha value is -3.23. The lowest BCUT2D eigenvalue weighted by Gasteiger charge is -2.08. The van der Waals surface area contributed by atoms with Gasteiger partial charge in [-0.15, -0.1) is 6.58 Å². The summed E-state index contributed by atoms with van der Waals surface area (Å²) < 4.78 is 28.5. The number of carbonyl (C=O) groups is 1. The average molecular weight is 410 g/mol. The molecule has 29 heavy (non-hydrogen) atoms. The highest BCUT2D eigenvalue weighted by Gasteiger charge is 2.15. The van der Waals surface area contributed by atoms with Crippen molar-refractivity contribution in [1.82, 2.24) is 19.8 Å². The molecule has 0 aliphatic rings. The summed E-state index contributed by atoms with van der Waals surface area (Å²) in [7, 11) is -3.68. The molecule has 0 spiro atoms. The summed E-state index contributed by atoms with van der Waals surface area (Å²) in [6.45, 7) is 3.99. The summed E-state index contributed by atoms with van der Waals surface area (Å²) in [5.74, 6) is -0.340. The number of aromatic nitrogens is 2. The lowest BCUT2D eigenvalue weighted by Crippen LogP contribution is -2.27. The second kappa shape index (κ2) is 9.31. The maximum Gasteiger partial charge on any atom is 0.251 e. The van der Waals surface area contributed by atoms with E-state index in [-0.39, 0.29) is 22.9 Å². The van der Waals surface area contributed by atoms with Gasteiger partial charge in [-0.1, -0.05) is 30.3 Å². The van der Waals surface area contributed by atoms with Gasteiger partial charge in [-0.2, -0.15) is 5.10 Å². The fourth-order valence-electron chi connectivity index (χ4n) is 2.68. The van der Waals surface area contributed by atoms with Crippen LogP contribution in [0.4, 0.5) is 0 Å². The number of hydrogen-bond acceptors (Lipinski definition) is 4. The molecule has 1 aromatic heterocycles. The predicted molar refractivity (Wildman–Crippen MR) is 111 cm³/mol. The number of amides is 1. The van der Waals surface area contributed by atoms with Crippen LogP contribution in [0.3, 0.4) is 0 Å². The van der Waals surface area contributed by atoms with Crippen LogP contribution in [0.15, 0.2) is 84.4 Å². The summed E-state index contributed by atoms with van der Waals surface area (Å²) >= 11 is 0. The lowest BCUT2D eigenvalue weighted by molar-refractivity contribution is 0.0954. The Kier molecular flexibility index (Phi) is 6.58. The van der Waals surface area contributed by atoms with Crippen LogP contribution in [0.25, 0.3) is 5.69 Å². The van der Waals surface area contributed by atoms with E-state index < -0.39 is 10.0 Å². The smallest absolute Gasteiger partial charge is 0.251 e. The highest BCUT2D eigenvalue weighted by Crippen LogP contribution is 2.12. The van der Waals surface area contributed by atoms with Gasteiger partial charge in [-0.3, -0.25) is 4.79 Å². The number of sulfonamides is 1. The van der Waals surface area contributed by atoms with E-state index in [9.17, 15) is 13.2 Å². The third-order valence-electron chi connectivity index (χ3n) is 4.16. The third-order valence-corrected chi connectivity index (χ3v) is 5.58. The van der Waals surface area contributed by atoms with Crippen LogP contribution < -0.4 is 10.0 Å². The van der Waals surface area contributed by atoms with Gasteiger partial charge >= 0.3 is 0 Å². The molecule has 1 heterocycles. The van der Waals surface area contributed by atoms with Gasteiger partial charge in [-0.05, 0) is 36.4 Å². The van der Waals surface area contributed by atoms with E-state index in [4.69, 9.17) is 0 Å². The third kappa shape index (κ3) is 5.40. The first kappa shape index (κ1) is 20.5. The molecule has 0 bridgehead atoms. The fourth-order valence-corrected chi connectivity index (χ4v) is 3.73. The Morgan fingerprint density at radius 3 is 2.66 bits per heavy atom. The molecular formula is C21H22N4O3S. The van der Waals surface area contributed by atoms with Gasteiger partial charge in [-0.25, -0.2) is 17.8 Å². The summed E-state index contributed by atoms with van der Waals surface area (Å²) in [6.07, 6.45) is 3.88. The van der Waals surface area contributed by atoms with E-state index in [2.05, 4.69) is 21.7 Å². The molecule has 0 aliphatic carbocycles. The first-order valence-electron chi connectivity index (χ1n) is 9.08. The molecule has 2 N–H and O–H groups in total. The Morgan fingerprint density at radius 2 is 1.90 bits per heavy atom. The highest BCUT2D eigenvalue weighted by atomic mass is 32.2. The van der Waals surface area contributed by atoms with E-state index in [1.165, 1.54) is 18.2 Å². The first-order valence-corrected chi connectivity index (χ1v) is 10.6. The van der Waals surface area contributed by atoms with Gasteiger partial charge in [0.25, 0.3) is 5.91 Å². The number of rotatable bonds is 9. The van der Waals surface area contributed by atoms with Crippen molar-refractivity contribution in [2.45, 2.75) is 11.3 Å². The molecule has 0 radical (unpaired) electrons. The normalized spacial score (nSPS) is 11.2. The largest absolute Gasteiger partial charge is 0.352 e. The number of hydrogen-bond donors (Lipinski definition) is 2. The van der Waals surface area contributed by atoms with E-state index in [0.717, 1.165) is 11.4 Å². The molecule has 1 amide bonds. The van der Waals surface area contributed by atoms with Crippen LogP contribution >= 0.6 is 0 Å². The lowest BCUT2D eigenvalue weighted by atomic mass is 10.2. The van der Waals surface area contributed by atoms with Crippen molar-refractivity contribution in [3.05, 3.63) is 90.8 Å². The maximum atomic E-state index is 12.4. The van der Waals surface area contributed by atoms with Crippen LogP contribution in [0.2, 0.25) is 0 Å². The van der Waals surface area contributed by atoms with Crippen LogP contribution in [0.1, 0.15) is 16.1 Å². The van der Waals surface area contributed by atoms with E-state index in [1.54, 1.807) is 16.8 Å². The highest BCUT2D eigenvalue weighted by molar-refractivity contribution is 7.89. The van der Waals surface area contributed by atoms with Crippen molar-refractivity contribution in [3.8, 4) is 5.69 Å². The zero-order valence-corrected chi connectivity index (χ0v) is 16.6. The minimum Gasteiger partial charge on any atom is -0.352 e. The number of carbonyl (C=O) groups excluding carboxylic acids is 1. The summed E-state index contributed by atoms with van der Waals surface area (Å²) in [4.78, 5) is 12.4. The number of nitrogens with one attached hydrogen (secondary N) is 2. The molecule has 0 unspecified atom stereocenters. The Morgan fingerprint density at radius 1 is 1.10 bits per heavy atom. The zero-order valence-electron chi connectivity index (χ0n) is 15.8. The van der Waals surface area contributed by atoms with Crippen LogP contribution in [0.5, 0.6) is 0 Å². The molecular weight excluding hydrogens is 388 g/mol. The standard InChI is InChI=1S/C21H22N4O3S/c1-2-13-23-29(27,28)20-10-6-7-17(16-20)21(26)22-14-11-18-12-15-25(24-18)19-8-4-3-5-9-19/h2-10,12,15-16,23H,1,11,13-14H2,(H,22,26). The molecule has 0 atom stereocenters. The molecule has 0 aliphatic heterocycles. The molecule has 0 saturated heterocycles. The molecule has 0 saturated carbocycles. The fraction of sp³-hybridized carbons (Fsp3) is 0.143. The van der Waals surface area contributed by atoms with Gasteiger partial charge in [0, 0.05) is 31.3 Å². The topological polar surface area (TPSA) is 93.1 Å². The van der Waals surface area contributed by atoms with Crippen molar-refractivity contribution in [3.63, 3.8) is 0 Å². The Labute approximate surface area is 170 Å². The molecule has 2 aromatic carbocycles. The molecule has 0 fully saturated rings. The van der Waals surface area contributed by atoms with E-state index >= 15 is 0 Å².